The van der Waals surface area contributed by atoms with Gasteiger partial charge in [0.05, 0.1) is 18.2 Å². The second-order valence-corrected chi connectivity index (χ2v) is 7.38. The molecular weight excluding hydrogens is 452 g/mol. The minimum absolute atomic E-state index is 0.235. The minimum Gasteiger partial charge on any atom is -0.497 e. The van der Waals surface area contributed by atoms with Crippen molar-refractivity contribution >= 4 is 27.7 Å². The lowest BCUT2D eigenvalue weighted by molar-refractivity contribution is -0.123. The monoisotopic (exact) mass is 478 g/mol. The SMILES string of the molecule is CCCCCCOc1ccc(C(=O)NNC(=O)COc2ccc(OC)cc2)cc1Br. The number of unbranched alkanes of at least 4 members (excludes halogenated alkanes) is 3. The number of methoxy groups -OCH3 is 1. The van der Waals surface area contributed by atoms with Crippen LogP contribution in [0.5, 0.6) is 17.2 Å². The Bertz CT molecular complexity index is 827. The Hall–Kier alpha value is -2.74. The highest BCUT2D eigenvalue weighted by molar-refractivity contribution is 9.10. The van der Waals surface area contributed by atoms with Gasteiger partial charge in [0.25, 0.3) is 11.8 Å². The molecule has 0 aliphatic heterocycles. The molecule has 2 aromatic rings. The Balaban J connectivity index is 1.75. The summed E-state index contributed by atoms with van der Waals surface area (Å²) in [5, 5.41) is 0. The van der Waals surface area contributed by atoms with E-state index in [-0.39, 0.29) is 6.61 Å². The first-order chi connectivity index (χ1) is 14.5. The minimum atomic E-state index is -0.481. The Labute approximate surface area is 185 Å². The molecule has 2 aromatic carbocycles. The fourth-order valence-electron chi connectivity index (χ4n) is 2.53. The summed E-state index contributed by atoms with van der Waals surface area (Å²) in [6.07, 6.45) is 4.50. The van der Waals surface area contributed by atoms with Crippen LogP contribution in [-0.4, -0.2) is 32.1 Å². The van der Waals surface area contributed by atoms with E-state index in [1.165, 1.54) is 12.8 Å². The fourth-order valence-corrected chi connectivity index (χ4v) is 3.02. The van der Waals surface area contributed by atoms with Crippen LogP contribution < -0.4 is 25.1 Å². The van der Waals surface area contributed by atoms with E-state index in [2.05, 4.69) is 33.7 Å². The predicted octanol–water partition coefficient (Wildman–Crippen LogP) is 4.26. The zero-order chi connectivity index (χ0) is 21.8. The summed E-state index contributed by atoms with van der Waals surface area (Å²) in [7, 11) is 1.57. The Kier molecular flexibility index (Phi) is 10.00. The van der Waals surface area contributed by atoms with Gasteiger partial charge in [0, 0.05) is 5.56 Å². The average molecular weight is 479 g/mol. The average Bonchev–Trinajstić information content (AvgIpc) is 2.77. The van der Waals surface area contributed by atoms with Crippen LogP contribution in [0.2, 0.25) is 0 Å². The molecule has 0 saturated carbocycles. The first-order valence-corrected chi connectivity index (χ1v) is 10.6. The molecular formula is C22H27BrN2O5. The van der Waals surface area contributed by atoms with Crippen molar-refractivity contribution in [1.29, 1.82) is 0 Å². The van der Waals surface area contributed by atoms with Crippen molar-refractivity contribution in [2.24, 2.45) is 0 Å². The molecule has 0 radical (unpaired) electrons. The van der Waals surface area contributed by atoms with Crippen LogP contribution in [0.3, 0.4) is 0 Å². The van der Waals surface area contributed by atoms with Gasteiger partial charge in [-0.1, -0.05) is 26.2 Å². The third-order valence-electron chi connectivity index (χ3n) is 4.19. The van der Waals surface area contributed by atoms with E-state index >= 15 is 0 Å². The van der Waals surface area contributed by atoms with E-state index in [1.807, 2.05) is 0 Å². The number of carbonyl (C=O) groups excluding carboxylic acids is 2. The summed E-state index contributed by atoms with van der Waals surface area (Å²) in [6, 6.07) is 11.9. The van der Waals surface area contributed by atoms with Gasteiger partial charge < -0.3 is 14.2 Å². The maximum atomic E-state index is 12.2. The number of hydrazine groups is 1. The smallest absolute Gasteiger partial charge is 0.276 e. The molecule has 7 nitrogen and oxygen atoms in total. The molecule has 162 valence electrons. The molecule has 0 aliphatic carbocycles. The molecule has 0 atom stereocenters. The molecule has 30 heavy (non-hydrogen) atoms. The van der Waals surface area contributed by atoms with Gasteiger partial charge >= 0.3 is 0 Å². The Morgan fingerprint density at radius 2 is 1.67 bits per heavy atom. The number of ether oxygens (including phenoxy) is 3. The third-order valence-corrected chi connectivity index (χ3v) is 4.81. The van der Waals surface area contributed by atoms with Crippen LogP contribution in [-0.2, 0) is 4.79 Å². The number of nitrogens with one attached hydrogen (secondary N) is 2. The summed E-state index contributed by atoms with van der Waals surface area (Å²) >= 11 is 3.42. The van der Waals surface area contributed by atoms with E-state index in [1.54, 1.807) is 49.6 Å². The van der Waals surface area contributed by atoms with E-state index in [0.29, 0.717) is 33.9 Å². The molecule has 0 fully saturated rings. The lowest BCUT2D eigenvalue weighted by Crippen LogP contribution is -2.43. The molecule has 0 aromatic heterocycles. The second kappa shape index (κ2) is 12.7. The van der Waals surface area contributed by atoms with E-state index in [9.17, 15) is 9.59 Å². The zero-order valence-corrected chi connectivity index (χ0v) is 18.8. The lowest BCUT2D eigenvalue weighted by atomic mass is 10.2. The van der Waals surface area contributed by atoms with Crippen LogP contribution >= 0.6 is 15.9 Å². The molecule has 0 saturated heterocycles. The molecule has 2 amide bonds. The van der Waals surface area contributed by atoms with Crippen molar-refractivity contribution in [3.8, 4) is 17.2 Å². The van der Waals surface area contributed by atoms with Gasteiger partial charge in [-0.2, -0.15) is 0 Å². The summed E-state index contributed by atoms with van der Waals surface area (Å²) in [5.41, 5.74) is 5.08. The van der Waals surface area contributed by atoms with Crippen molar-refractivity contribution in [2.75, 3.05) is 20.3 Å². The third kappa shape index (κ3) is 7.94. The summed E-state index contributed by atoms with van der Waals surface area (Å²) in [4.78, 5) is 24.1. The summed E-state index contributed by atoms with van der Waals surface area (Å²) in [6.45, 7) is 2.56. The van der Waals surface area contributed by atoms with Gasteiger partial charge in [-0.25, -0.2) is 0 Å². The normalized spacial score (nSPS) is 10.2. The molecule has 2 rings (SSSR count). The molecule has 8 heteroatoms. The Morgan fingerprint density at radius 1 is 0.933 bits per heavy atom. The van der Waals surface area contributed by atoms with Crippen LogP contribution in [0.15, 0.2) is 46.9 Å². The van der Waals surface area contributed by atoms with E-state index < -0.39 is 11.8 Å². The molecule has 0 bridgehead atoms. The second-order valence-electron chi connectivity index (χ2n) is 6.52. The lowest BCUT2D eigenvalue weighted by Gasteiger charge is -2.11. The standard InChI is InChI=1S/C22H27BrN2O5/c1-3-4-5-6-13-29-20-12-7-16(14-19(20)23)22(27)25-24-21(26)15-30-18-10-8-17(28-2)9-11-18/h7-12,14H,3-6,13,15H2,1-2H3,(H,24,26)(H,25,27). The number of carbonyl (C=O) groups is 2. The molecule has 2 N–H and O–H groups in total. The molecule has 0 spiro atoms. The zero-order valence-electron chi connectivity index (χ0n) is 17.2. The predicted molar refractivity (Wildman–Crippen MR) is 118 cm³/mol. The maximum absolute atomic E-state index is 12.2. The number of halogens is 1. The maximum Gasteiger partial charge on any atom is 0.276 e. The van der Waals surface area contributed by atoms with Crippen molar-refractivity contribution in [1.82, 2.24) is 10.9 Å². The van der Waals surface area contributed by atoms with Gasteiger partial charge in [-0.3, -0.25) is 20.4 Å². The first kappa shape index (κ1) is 23.5. The highest BCUT2D eigenvalue weighted by atomic mass is 79.9. The molecule has 0 unspecified atom stereocenters. The topological polar surface area (TPSA) is 85.9 Å². The number of hydrogen-bond acceptors (Lipinski definition) is 5. The molecule has 0 heterocycles. The van der Waals surface area contributed by atoms with Gasteiger partial charge in [-0.05, 0) is 64.8 Å². The van der Waals surface area contributed by atoms with Crippen LogP contribution in [0.1, 0.15) is 43.0 Å². The number of benzene rings is 2. The number of rotatable bonds is 11. The Morgan fingerprint density at radius 3 is 2.33 bits per heavy atom. The summed E-state index contributed by atoms with van der Waals surface area (Å²) in [5.74, 6) is 0.970. The van der Waals surface area contributed by atoms with Crippen LogP contribution in [0, 0.1) is 0 Å². The van der Waals surface area contributed by atoms with Crippen molar-refractivity contribution in [3.05, 3.63) is 52.5 Å². The van der Waals surface area contributed by atoms with Crippen molar-refractivity contribution in [2.45, 2.75) is 32.6 Å². The van der Waals surface area contributed by atoms with Gasteiger partial charge in [0.1, 0.15) is 17.2 Å². The van der Waals surface area contributed by atoms with Crippen molar-refractivity contribution < 1.29 is 23.8 Å². The number of hydrogen-bond donors (Lipinski definition) is 2. The van der Waals surface area contributed by atoms with Crippen molar-refractivity contribution in [3.63, 3.8) is 0 Å². The van der Waals surface area contributed by atoms with Crippen LogP contribution in [0.4, 0.5) is 0 Å². The van der Waals surface area contributed by atoms with E-state index in [0.717, 1.165) is 12.8 Å². The highest BCUT2D eigenvalue weighted by Gasteiger charge is 2.11. The summed E-state index contributed by atoms with van der Waals surface area (Å²) < 4.78 is 16.8. The highest BCUT2D eigenvalue weighted by Crippen LogP contribution is 2.26. The van der Waals surface area contributed by atoms with Gasteiger partial charge in [0.15, 0.2) is 6.61 Å². The van der Waals surface area contributed by atoms with Crippen LogP contribution in [0.25, 0.3) is 0 Å². The van der Waals surface area contributed by atoms with E-state index in [4.69, 9.17) is 14.2 Å². The largest absolute Gasteiger partial charge is 0.497 e. The fraction of sp³-hybridized carbons (Fsp3) is 0.364. The quantitative estimate of drug-likeness (QED) is 0.372. The van der Waals surface area contributed by atoms with Gasteiger partial charge in [0.2, 0.25) is 0 Å². The van der Waals surface area contributed by atoms with Gasteiger partial charge in [-0.15, -0.1) is 0 Å². The first-order valence-electron chi connectivity index (χ1n) is 9.82. The molecule has 0 aliphatic rings. The number of amides is 2.